The molecule has 1 aromatic carbocycles. The molecule has 0 saturated heterocycles. The SMILES string of the molecule is COC(=O)C[C@@H](C)[C@@]1(c2ccccc2)N=C(CC(C)C)C(=O)O1. The highest BCUT2D eigenvalue weighted by molar-refractivity contribution is 6.37. The monoisotopic (exact) mass is 317 g/mol. The number of esters is 2. The van der Waals surface area contributed by atoms with Gasteiger partial charge in [-0.25, -0.2) is 9.79 Å². The Bertz CT molecular complexity index is 609. The van der Waals surface area contributed by atoms with E-state index in [-0.39, 0.29) is 18.3 Å². The van der Waals surface area contributed by atoms with Crippen LogP contribution < -0.4 is 0 Å². The number of aliphatic imine (C=N–C) groups is 1. The summed E-state index contributed by atoms with van der Waals surface area (Å²) >= 11 is 0. The smallest absolute Gasteiger partial charge is 0.354 e. The number of hydrogen-bond donors (Lipinski definition) is 0. The van der Waals surface area contributed by atoms with Gasteiger partial charge in [0.15, 0.2) is 0 Å². The van der Waals surface area contributed by atoms with E-state index in [1.165, 1.54) is 7.11 Å². The second-order valence-electron chi connectivity index (χ2n) is 6.29. The number of cyclic esters (lactones) is 1. The van der Waals surface area contributed by atoms with E-state index in [1.807, 2.05) is 51.1 Å². The van der Waals surface area contributed by atoms with Crippen LogP contribution in [0.1, 0.15) is 39.2 Å². The summed E-state index contributed by atoms with van der Waals surface area (Å²) in [6.07, 6.45) is 0.676. The van der Waals surface area contributed by atoms with Crippen molar-refractivity contribution in [2.45, 2.75) is 39.3 Å². The molecular formula is C18H23NO4. The summed E-state index contributed by atoms with van der Waals surface area (Å²) in [6, 6.07) is 9.35. The molecule has 1 aliphatic rings. The van der Waals surface area contributed by atoms with Gasteiger partial charge >= 0.3 is 11.9 Å². The van der Waals surface area contributed by atoms with Gasteiger partial charge in [-0.15, -0.1) is 0 Å². The fraction of sp³-hybridized carbons (Fsp3) is 0.500. The van der Waals surface area contributed by atoms with Crippen molar-refractivity contribution < 1.29 is 19.1 Å². The van der Waals surface area contributed by atoms with E-state index in [1.54, 1.807) is 0 Å². The minimum Gasteiger partial charge on any atom is -0.469 e. The summed E-state index contributed by atoms with van der Waals surface area (Å²) in [6.45, 7) is 5.89. The summed E-state index contributed by atoms with van der Waals surface area (Å²) in [4.78, 5) is 28.6. The first-order valence-electron chi connectivity index (χ1n) is 7.83. The average molecular weight is 317 g/mol. The average Bonchev–Trinajstić information content (AvgIpc) is 2.85. The summed E-state index contributed by atoms with van der Waals surface area (Å²) in [5, 5.41) is 0. The first kappa shape index (κ1) is 17.2. The maximum Gasteiger partial charge on any atom is 0.354 e. The molecule has 0 radical (unpaired) electrons. The standard InChI is InChI=1S/C18H23NO4/c1-12(2)10-15-17(21)23-18(19-15,13(3)11-16(20)22-4)14-8-6-5-7-9-14/h5-9,12-13H,10-11H2,1-4H3/t13-,18-/m1/s1. The van der Waals surface area contributed by atoms with Crippen LogP contribution in [0.4, 0.5) is 0 Å². The van der Waals surface area contributed by atoms with Crippen LogP contribution >= 0.6 is 0 Å². The number of carbonyl (C=O) groups is 2. The zero-order chi connectivity index (χ0) is 17.0. The lowest BCUT2D eigenvalue weighted by atomic mass is 9.88. The zero-order valence-electron chi connectivity index (χ0n) is 14.0. The third-order valence-electron chi connectivity index (χ3n) is 3.94. The number of hydrogen-bond acceptors (Lipinski definition) is 5. The molecule has 1 aromatic rings. The Kier molecular flexibility index (Phi) is 5.19. The molecule has 2 rings (SSSR count). The third-order valence-corrected chi connectivity index (χ3v) is 3.94. The maximum atomic E-state index is 12.3. The van der Waals surface area contributed by atoms with Crippen molar-refractivity contribution in [3.63, 3.8) is 0 Å². The van der Waals surface area contributed by atoms with Gasteiger partial charge in [-0.2, -0.15) is 0 Å². The third kappa shape index (κ3) is 3.60. The van der Waals surface area contributed by atoms with Crippen LogP contribution in [0.15, 0.2) is 35.3 Å². The molecule has 0 aliphatic carbocycles. The fourth-order valence-electron chi connectivity index (χ4n) is 2.75. The molecule has 124 valence electrons. The van der Waals surface area contributed by atoms with E-state index >= 15 is 0 Å². The van der Waals surface area contributed by atoms with Crippen molar-refractivity contribution in [2.24, 2.45) is 16.8 Å². The van der Waals surface area contributed by atoms with E-state index in [2.05, 4.69) is 4.99 Å². The molecular weight excluding hydrogens is 294 g/mol. The van der Waals surface area contributed by atoms with Gasteiger partial charge in [-0.3, -0.25) is 4.79 Å². The van der Waals surface area contributed by atoms with Crippen LogP contribution in [0.5, 0.6) is 0 Å². The summed E-state index contributed by atoms with van der Waals surface area (Å²) < 4.78 is 10.5. The van der Waals surface area contributed by atoms with Crippen LogP contribution in [0, 0.1) is 11.8 Å². The van der Waals surface area contributed by atoms with Gasteiger partial charge < -0.3 is 9.47 Å². The van der Waals surface area contributed by atoms with E-state index in [0.29, 0.717) is 18.1 Å². The Labute approximate surface area is 136 Å². The van der Waals surface area contributed by atoms with E-state index in [0.717, 1.165) is 5.56 Å². The molecule has 0 amide bonds. The van der Waals surface area contributed by atoms with Crippen molar-refractivity contribution in [3.05, 3.63) is 35.9 Å². The quantitative estimate of drug-likeness (QED) is 0.756. The Morgan fingerprint density at radius 2 is 1.91 bits per heavy atom. The zero-order valence-corrected chi connectivity index (χ0v) is 14.0. The largest absolute Gasteiger partial charge is 0.469 e. The fourth-order valence-corrected chi connectivity index (χ4v) is 2.75. The van der Waals surface area contributed by atoms with Crippen molar-refractivity contribution >= 4 is 17.7 Å². The van der Waals surface area contributed by atoms with Gasteiger partial charge in [0.2, 0.25) is 5.72 Å². The highest BCUT2D eigenvalue weighted by atomic mass is 16.6. The molecule has 0 unspecified atom stereocenters. The Morgan fingerprint density at radius 1 is 1.26 bits per heavy atom. The lowest BCUT2D eigenvalue weighted by Crippen LogP contribution is -2.34. The van der Waals surface area contributed by atoms with Gasteiger partial charge in [-0.05, 0) is 12.3 Å². The summed E-state index contributed by atoms with van der Waals surface area (Å²) in [5.74, 6) is -0.787. The number of methoxy groups -OCH3 is 1. The molecule has 0 bridgehead atoms. The number of nitrogens with zero attached hydrogens (tertiary/aromatic N) is 1. The minimum absolute atomic E-state index is 0.122. The van der Waals surface area contributed by atoms with Crippen LogP contribution in [0.2, 0.25) is 0 Å². The Morgan fingerprint density at radius 3 is 2.48 bits per heavy atom. The summed E-state index contributed by atoms with van der Waals surface area (Å²) in [7, 11) is 1.35. The molecule has 0 fully saturated rings. The topological polar surface area (TPSA) is 65.0 Å². The predicted molar refractivity (Wildman–Crippen MR) is 86.9 cm³/mol. The van der Waals surface area contributed by atoms with E-state index < -0.39 is 11.7 Å². The van der Waals surface area contributed by atoms with Crippen LogP contribution in [-0.4, -0.2) is 24.8 Å². The molecule has 5 nitrogen and oxygen atoms in total. The van der Waals surface area contributed by atoms with Gasteiger partial charge in [0, 0.05) is 11.5 Å². The second kappa shape index (κ2) is 6.94. The highest BCUT2D eigenvalue weighted by Crippen LogP contribution is 2.41. The van der Waals surface area contributed by atoms with Crippen LogP contribution in [0.25, 0.3) is 0 Å². The van der Waals surface area contributed by atoms with Crippen molar-refractivity contribution in [2.75, 3.05) is 7.11 Å². The van der Waals surface area contributed by atoms with Crippen LogP contribution in [-0.2, 0) is 24.8 Å². The van der Waals surface area contributed by atoms with Crippen molar-refractivity contribution in [1.82, 2.24) is 0 Å². The molecule has 1 aliphatic heterocycles. The molecule has 23 heavy (non-hydrogen) atoms. The number of carbonyl (C=O) groups excluding carboxylic acids is 2. The minimum atomic E-state index is -1.16. The molecule has 2 atom stereocenters. The van der Waals surface area contributed by atoms with E-state index in [4.69, 9.17) is 9.47 Å². The molecule has 0 saturated carbocycles. The highest BCUT2D eigenvalue weighted by Gasteiger charge is 2.48. The number of ether oxygens (including phenoxy) is 2. The molecule has 0 N–H and O–H groups in total. The molecule has 0 spiro atoms. The van der Waals surface area contributed by atoms with Crippen LogP contribution in [0.3, 0.4) is 0 Å². The van der Waals surface area contributed by atoms with Crippen molar-refractivity contribution in [3.8, 4) is 0 Å². The predicted octanol–water partition coefficient (Wildman–Crippen LogP) is 3.08. The van der Waals surface area contributed by atoms with Gasteiger partial charge in [-0.1, -0.05) is 51.1 Å². The normalized spacial score (nSPS) is 21.8. The molecule has 0 aromatic heterocycles. The van der Waals surface area contributed by atoms with Gasteiger partial charge in [0.1, 0.15) is 5.71 Å². The Balaban J connectivity index is 2.43. The van der Waals surface area contributed by atoms with Gasteiger partial charge in [0.05, 0.1) is 13.5 Å². The lowest BCUT2D eigenvalue weighted by molar-refractivity contribution is -0.158. The Hall–Kier alpha value is -2.17. The second-order valence-corrected chi connectivity index (χ2v) is 6.29. The molecule has 1 heterocycles. The van der Waals surface area contributed by atoms with E-state index in [9.17, 15) is 9.59 Å². The first-order chi connectivity index (χ1) is 10.9. The van der Waals surface area contributed by atoms with Gasteiger partial charge in [0.25, 0.3) is 0 Å². The number of benzene rings is 1. The maximum absolute atomic E-state index is 12.3. The number of rotatable bonds is 6. The summed E-state index contributed by atoms with van der Waals surface area (Å²) in [5.41, 5.74) is 0.0422. The lowest BCUT2D eigenvalue weighted by Gasteiger charge is -2.31. The molecule has 5 heteroatoms. The first-order valence-corrected chi connectivity index (χ1v) is 7.83. The van der Waals surface area contributed by atoms with Crippen molar-refractivity contribution in [1.29, 1.82) is 0 Å².